The van der Waals surface area contributed by atoms with Crippen molar-refractivity contribution in [3.63, 3.8) is 0 Å². The number of halogens is 2. The molecule has 1 saturated heterocycles. The third-order valence-electron chi connectivity index (χ3n) is 5.57. The van der Waals surface area contributed by atoms with Crippen LogP contribution >= 0.6 is 24.8 Å². The lowest BCUT2D eigenvalue weighted by atomic mass is 9.75. The van der Waals surface area contributed by atoms with E-state index >= 15 is 0 Å². The molecule has 3 unspecified atom stereocenters. The van der Waals surface area contributed by atoms with Gasteiger partial charge in [-0.25, -0.2) is 0 Å². The van der Waals surface area contributed by atoms with Crippen LogP contribution in [0.25, 0.3) is 0 Å². The summed E-state index contributed by atoms with van der Waals surface area (Å²) in [7, 11) is 4.32. The molecular weight excluding hydrogens is 333 g/mol. The fourth-order valence-electron chi connectivity index (χ4n) is 4.00. The molecule has 6 heteroatoms. The lowest BCUT2D eigenvalue weighted by Gasteiger charge is -2.45. The van der Waals surface area contributed by atoms with Crippen molar-refractivity contribution in [2.24, 2.45) is 11.8 Å². The first kappa shape index (κ1) is 23.0. The van der Waals surface area contributed by atoms with Crippen molar-refractivity contribution in [3.05, 3.63) is 0 Å². The molecule has 0 bridgehead atoms. The zero-order chi connectivity index (χ0) is 15.3. The van der Waals surface area contributed by atoms with Crippen LogP contribution in [-0.2, 0) is 4.79 Å². The van der Waals surface area contributed by atoms with Crippen LogP contribution < -0.4 is 10.6 Å². The van der Waals surface area contributed by atoms with Crippen molar-refractivity contribution in [1.29, 1.82) is 0 Å². The maximum absolute atomic E-state index is 12.1. The summed E-state index contributed by atoms with van der Waals surface area (Å²) in [6, 6.07) is 0. The van der Waals surface area contributed by atoms with Crippen molar-refractivity contribution in [3.8, 4) is 0 Å². The smallest absolute Gasteiger partial charge is 0.220 e. The van der Waals surface area contributed by atoms with Crippen molar-refractivity contribution >= 4 is 30.7 Å². The largest absolute Gasteiger partial charge is 0.354 e. The molecule has 23 heavy (non-hydrogen) atoms. The molecule has 0 radical (unpaired) electrons. The number of rotatable bonds is 6. The molecule has 2 N–H and O–H groups in total. The zero-order valence-corrected chi connectivity index (χ0v) is 16.5. The minimum Gasteiger partial charge on any atom is -0.354 e. The lowest BCUT2D eigenvalue weighted by Crippen LogP contribution is -2.55. The average molecular weight is 368 g/mol. The maximum atomic E-state index is 12.1. The second kappa shape index (κ2) is 10.8. The number of amides is 1. The SMILES string of the molecule is CC1CCCC(CNC(=O)CCC2CCNC2)(N(C)C)C1.Cl.Cl. The van der Waals surface area contributed by atoms with Crippen LogP contribution in [0.1, 0.15) is 51.9 Å². The summed E-state index contributed by atoms with van der Waals surface area (Å²) in [5, 5.41) is 6.59. The van der Waals surface area contributed by atoms with Crippen LogP contribution in [0.5, 0.6) is 0 Å². The third kappa shape index (κ3) is 6.77. The van der Waals surface area contributed by atoms with Crippen LogP contribution in [0.4, 0.5) is 0 Å². The monoisotopic (exact) mass is 367 g/mol. The van der Waals surface area contributed by atoms with Gasteiger partial charge >= 0.3 is 0 Å². The van der Waals surface area contributed by atoms with Crippen molar-refractivity contribution in [2.45, 2.75) is 57.4 Å². The second-order valence-electron chi connectivity index (χ2n) is 7.49. The van der Waals surface area contributed by atoms with E-state index in [1.807, 2.05) is 0 Å². The van der Waals surface area contributed by atoms with E-state index in [4.69, 9.17) is 0 Å². The first-order chi connectivity index (χ1) is 10.0. The molecular formula is C17H35Cl2N3O. The predicted octanol–water partition coefficient (Wildman–Crippen LogP) is 2.85. The van der Waals surface area contributed by atoms with Crippen molar-refractivity contribution in [1.82, 2.24) is 15.5 Å². The highest BCUT2D eigenvalue weighted by Gasteiger charge is 2.37. The Morgan fingerprint density at radius 1 is 1.30 bits per heavy atom. The molecule has 0 aromatic heterocycles. The van der Waals surface area contributed by atoms with Gasteiger partial charge in [0, 0.05) is 18.5 Å². The van der Waals surface area contributed by atoms with E-state index in [2.05, 4.69) is 36.6 Å². The Bertz CT molecular complexity index is 349. The predicted molar refractivity (Wildman–Crippen MR) is 102 cm³/mol. The van der Waals surface area contributed by atoms with E-state index in [-0.39, 0.29) is 36.3 Å². The van der Waals surface area contributed by atoms with Crippen LogP contribution in [-0.4, -0.2) is 50.1 Å². The Balaban J connectivity index is 0.00000242. The number of carbonyl (C=O) groups is 1. The number of nitrogens with zero attached hydrogens (tertiary/aromatic N) is 1. The second-order valence-corrected chi connectivity index (χ2v) is 7.49. The molecule has 1 saturated carbocycles. The summed E-state index contributed by atoms with van der Waals surface area (Å²) < 4.78 is 0. The minimum atomic E-state index is 0. The Labute approximate surface area is 154 Å². The molecule has 0 aromatic rings. The van der Waals surface area contributed by atoms with Gasteiger partial charge in [0.2, 0.25) is 5.91 Å². The third-order valence-corrected chi connectivity index (χ3v) is 5.57. The molecule has 2 fully saturated rings. The first-order valence-electron chi connectivity index (χ1n) is 8.67. The summed E-state index contributed by atoms with van der Waals surface area (Å²) in [4.78, 5) is 14.5. The molecule has 1 aliphatic heterocycles. The normalized spacial score (nSPS) is 30.4. The van der Waals surface area contributed by atoms with E-state index in [0.717, 1.165) is 32.0 Å². The molecule has 0 spiro atoms. The zero-order valence-electron chi connectivity index (χ0n) is 14.9. The Hall–Kier alpha value is -0.0300. The van der Waals surface area contributed by atoms with Gasteiger partial charge < -0.3 is 15.5 Å². The van der Waals surface area contributed by atoms with Gasteiger partial charge in [-0.3, -0.25) is 4.79 Å². The van der Waals surface area contributed by atoms with Gasteiger partial charge in [0.1, 0.15) is 0 Å². The lowest BCUT2D eigenvalue weighted by molar-refractivity contribution is -0.122. The summed E-state index contributed by atoms with van der Waals surface area (Å²) in [6.45, 7) is 5.36. The van der Waals surface area contributed by atoms with Gasteiger partial charge in [-0.15, -0.1) is 24.8 Å². The molecule has 0 aromatic carbocycles. The van der Waals surface area contributed by atoms with E-state index < -0.39 is 0 Å². The van der Waals surface area contributed by atoms with Gasteiger partial charge in [-0.05, 0) is 64.7 Å². The Morgan fingerprint density at radius 3 is 2.61 bits per heavy atom. The Kier molecular flexibility index (Phi) is 10.7. The van der Waals surface area contributed by atoms with Gasteiger partial charge in [-0.2, -0.15) is 0 Å². The number of nitrogens with one attached hydrogen (secondary N) is 2. The topological polar surface area (TPSA) is 44.4 Å². The van der Waals surface area contributed by atoms with Crippen LogP contribution in [0.15, 0.2) is 0 Å². The van der Waals surface area contributed by atoms with Gasteiger partial charge in [0.25, 0.3) is 0 Å². The molecule has 138 valence electrons. The number of hydrogen-bond acceptors (Lipinski definition) is 3. The molecule has 1 amide bonds. The van der Waals surface area contributed by atoms with Crippen molar-refractivity contribution < 1.29 is 4.79 Å². The minimum absolute atomic E-state index is 0. The molecule has 2 aliphatic rings. The highest BCUT2D eigenvalue weighted by atomic mass is 35.5. The summed E-state index contributed by atoms with van der Waals surface area (Å²) in [5.74, 6) is 1.71. The van der Waals surface area contributed by atoms with Crippen LogP contribution in [0.3, 0.4) is 0 Å². The summed E-state index contributed by atoms with van der Waals surface area (Å²) >= 11 is 0. The fraction of sp³-hybridized carbons (Fsp3) is 0.941. The Morgan fingerprint density at radius 2 is 2.04 bits per heavy atom. The number of likely N-dealkylation sites (N-methyl/N-ethyl adjacent to an activating group) is 1. The van der Waals surface area contributed by atoms with Gasteiger partial charge in [0.15, 0.2) is 0 Å². The summed E-state index contributed by atoms with van der Waals surface area (Å²) in [6.07, 6.45) is 7.97. The van der Waals surface area contributed by atoms with E-state index in [1.54, 1.807) is 0 Å². The fourth-order valence-corrected chi connectivity index (χ4v) is 4.00. The quantitative estimate of drug-likeness (QED) is 0.758. The molecule has 4 nitrogen and oxygen atoms in total. The number of hydrogen-bond donors (Lipinski definition) is 2. The molecule has 1 aliphatic carbocycles. The van der Waals surface area contributed by atoms with E-state index in [9.17, 15) is 4.79 Å². The van der Waals surface area contributed by atoms with Crippen LogP contribution in [0.2, 0.25) is 0 Å². The van der Waals surface area contributed by atoms with Gasteiger partial charge in [0.05, 0.1) is 0 Å². The van der Waals surface area contributed by atoms with E-state index in [0.29, 0.717) is 12.3 Å². The molecule has 3 atom stereocenters. The molecule has 1 heterocycles. The highest BCUT2D eigenvalue weighted by molar-refractivity contribution is 5.85. The van der Waals surface area contributed by atoms with Crippen molar-refractivity contribution in [2.75, 3.05) is 33.7 Å². The highest BCUT2D eigenvalue weighted by Crippen LogP contribution is 2.35. The molecule has 2 rings (SSSR count). The maximum Gasteiger partial charge on any atom is 0.220 e. The standard InChI is InChI=1S/C17H33N3O.2ClH/c1-14-5-4-9-17(11-14,20(2)3)13-19-16(21)7-6-15-8-10-18-12-15;;/h14-15,18H,4-13H2,1-3H3,(H,19,21);2*1H. The first-order valence-corrected chi connectivity index (χ1v) is 8.67. The van der Waals surface area contributed by atoms with Crippen LogP contribution in [0, 0.1) is 11.8 Å². The average Bonchev–Trinajstić information content (AvgIpc) is 2.96. The number of carbonyl (C=O) groups excluding carboxylic acids is 1. The van der Waals surface area contributed by atoms with Gasteiger partial charge in [-0.1, -0.05) is 19.8 Å². The summed E-state index contributed by atoms with van der Waals surface area (Å²) in [5.41, 5.74) is 0.169. The van der Waals surface area contributed by atoms with E-state index in [1.165, 1.54) is 32.1 Å².